The average Bonchev–Trinajstić information content (AvgIpc) is 2.46. The molecule has 2 atom stereocenters. The second-order valence-corrected chi connectivity index (χ2v) is 4.61. The van der Waals surface area contributed by atoms with E-state index in [2.05, 4.69) is 5.32 Å². The van der Waals surface area contributed by atoms with Crippen LogP contribution < -0.4 is 5.32 Å². The lowest BCUT2D eigenvalue weighted by Gasteiger charge is -2.17. The molecule has 0 aromatic heterocycles. The highest BCUT2D eigenvalue weighted by Crippen LogP contribution is 2.15. The van der Waals surface area contributed by atoms with Crippen molar-refractivity contribution in [1.29, 1.82) is 0 Å². The zero-order chi connectivity index (χ0) is 13.7. The van der Waals surface area contributed by atoms with Crippen molar-refractivity contribution in [1.82, 2.24) is 5.32 Å². The van der Waals surface area contributed by atoms with Crippen LogP contribution in [0, 0.1) is 5.82 Å². The lowest BCUT2D eigenvalue weighted by molar-refractivity contribution is 0.170. The molecule has 19 heavy (non-hydrogen) atoms. The number of hydrogen-bond acceptors (Lipinski definition) is 2. The van der Waals surface area contributed by atoms with Crippen molar-refractivity contribution in [3.63, 3.8) is 0 Å². The monoisotopic (exact) mass is 259 g/mol. The quantitative estimate of drug-likeness (QED) is 0.864. The summed E-state index contributed by atoms with van der Waals surface area (Å²) >= 11 is 0. The van der Waals surface area contributed by atoms with Crippen LogP contribution in [0.1, 0.15) is 30.2 Å². The molecular formula is C16H18FNO. The first-order chi connectivity index (χ1) is 9.16. The maximum absolute atomic E-state index is 12.8. The first-order valence-corrected chi connectivity index (χ1v) is 6.38. The van der Waals surface area contributed by atoms with Gasteiger partial charge in [0, 0.05) is 12.6 Å². The van der Waals surface area contributed by atoms with Crippen LogP contribution in [0.3, 0.4) is 0 Å². The smallest absolute Gasteiger partial charge is 0.123 e. The van der Waals surface area contributed by atoms with Gasteiger partial charge in [-0.3, -0.25) is 0 Å². The Hall–Kier alpha value is -1.71. The summed E-state index contributed by atoms with van der Waals surface area (Å²) in [6, 6.07) is 16.1. The van der Waals surface area contributed by atoms with Crippen LogP contribution in [-0.2, 0) is 0 Å². The van der Waals surface area contributed by atoms with Crippen LogP contribution in [0.25, 0.3) is 0 Å². The molecule has 0 unspecified atom stereocenters. The lowest BCUT2D eigenvalue weighted by Crippen LogP contribution is -2.24. The Morgan fingerprint density at radius 2 is 1.63 bits per heavy atom. The first kappa shape index (κ1) is 13.7. The minimum Gasteiger partial charge on any atom is -0.387 e. The zero-order valence-electron chi connectivity index (χ0n) is 10.9. The summed E-state index contributed by atoms with van der Waals surface area (Å²) in [7, 11) is 0. The SMILES string of the molecule is C[C@@H](NC[C@H](O)c1ccc(F)cc1)c1ccccc1. The second-order valence-electron chi connectivity index (χ2n) is 4.61. The molecule has 0 aliphatic carbocycles. The van der Waals surface area contributed by atoms with Gasteiger partial charge in [-0.2, -0.15) is 0 Å². The first-order valence-electron chi connectivity index (χ1n) is 6.38. The predicted molar refractivity (Wildman–Crippen MR) is 74.2 cm³/mol. The summed E-state index contributed by atoms with van der Waals surface area (Å²) < 4.78 is 12.8. The number of aliphatic hydroxyl groups is 1. The Labute approximate surface area is 112 Å². The van der Waals surface area contributed by atoms with Crippen LogP contribution >= 0.6 is 0 Å². The Kier molecular flexibility index (Phi) is 4.66. The van der Waals surface area contributed by atoms with Crippen molar-refractivity contribution < 1.29 is 9.50 Å². The maximum Gasteiger partial charge on any atom is 0.123 e. The maximum atomic E-state index is 12.8. The zero-order valence-corrected chi connectivity index (χ0v) is 10.9. The molecule has 2 rings (SSSR count). The fraction of sp³-hybridized carbons (Fsp3) is 0.250. The molecule has 100 valence electrons. The molecule has 0 radical (unpaired) electrons. The summed E-state index contributed by atoms with van der Waals surface area (Å²) in [6.07, 6.45) is -0.633. The third kappa shape index (κ3) is 3.88. The molecule has 2 N–H and O–H groups in total. The van der Waals surface area contributed by atoms with E-state index in [4.69, 9.17) is 0 Å². The van der Waals surface area contributed by atoms with E-state index >= 15 is 0 Å². The van der Waals surface area contributed by atoms with Crippen molar-refractivity contribution in [2.24, 2.45) is 0 Å². The molecule has 0 heterocycles. The average molecular weight is 259 g/mol. The summed E-state index contributed by atoms with van der Waals surface area (Å²) in [5.41, 5.74) is 1.89. The van der Waals surface area contributed by atoms with Gasteiger partial charge in [-0.1, -0.05) is 42.5 Å². The molecule has 0 spiro atoms. The van der Waals surface area contributed by atoms with E-state index < -0.39 is 6.10 Å². The fourth-order valence-electron chi connectivity index (χ4n) is 1.95. The molecule has 0 aliphatic rings. The number of benzene rings is 2. The predicted octanol–water partition coefficient (Wildman–Crippen LogP) is 3.21. The van der Waals surface area contributed by atoms with Gasteiger partial charge < -0.3 is 10.4 Å². The topological polar surface area (TPSA) is 32.3 Å². The third-order valence-corrected chi connectivity index (χ3v) is 3.17. The largest absolute Gasteiger partial charge is 0.387 e. The van der Waals surface area contributed by atoms with Gasteiger partial charge >= 0.3 is 0 Å². The Morgan fingerprint density at radius 3 is 2.26 bits per heavy atom. The molecule has 2 nitrogen and oxygen atoms in total. The van der Waals surface area contributed by atoms with Crippen molar-refractivity contribution in [2.75, 3.05) is 6.54 Å². The minimum atomic E-state index is -0.633. The third-order valence-electron chi connectivity index (χ3n) is 3.17. The van der Waals surface area contributed by atoms with E-state index in [-0.39, 0.29) is 11.9 Å². The molecule has 2 aromatic rings. The highest BCUT2D eigenvalue weighted by Gasteiger charge is 2.10. The molecule has 0 saturated carbocycles. The lowest BCUT2D eigenvalue weighted by atomic mass is 10.1. The number of hydrogen-bond donors (Lipinski definition) is 2. The number of aliphatic hydroxyl groups excluding tert-OH is 1. The van der Waals surface area contributed by atoms with Crippen LogP contribution in [0.4, 0.5) is 4.39 Å². The molecule has 0 saturated heterocycles. The molecule has 3 heteroatoms. The van der Waals surface area contributed by atoms with Gasteiger partial charge in [0.05, 0.1) is 6.10 Å². The Balaban J connectivity index is 1.90. The highest BCUT2D eigenvalue weighted by atomic mass is 19.1. The number of halogens is 1. The van der Waals surface area contributed by atoms with E-state index in [0.717, 1.165) is 0 Å². The van der Waals surface area contributed by atoms with Crippen molar-refractivity contribution in [2.45, 2.75) is 19.1 Å². The van der Waals surface area contributed by atoms with Gasteiger partial charge in [-0.05, 0) is 30.2 Å². The molecule has 0 fully saturated rings. The highest BCUT2D eigenvalue weighted by molar-refractivity contribution is 5.20. The van der Waals surface area contributed by atoms with Gasteiger partial charge in [0.2, 0.25) is 0 Å². The van der Waals surface area contributed by atoms with E-state index in [0.29, 0.717) is 12.1 Å². The van der Waals surface area contributed by atoms with E-state index in [9.17, 15) is 9.50 Å². The van der Waals surface area contributed by atoms with Crippen LogP contribution in [0.5, 0.6) is 0 Å². The Morgan fingerprint density at radius 1 is 1.00 bits per heavy atom. The van der Waals surface area contributed by atoms with Crippen molar-refractivity contribution in [3.05, 3.63) is 71.5 Å². The summed E-state index contributed by atoms with van der Waals surface area (Å²) in [5, 5.41) is 13.3. The van der Waals surface area contributed by atoms with E-state index in [1.807, 2.05) is 37.3 Å². The van der Waals surface area contributed by atoms with E-state index in [1.54, 1.807) is 12.1 Å². The Bertz CT molecular complexity index is 498. The van der Waals surface area contributed by atoms with Crippen LogP contribution in [-0.4, -0.2) is 11.7 Å². The molecule has 2 aromatic carbocycles. The molecule has 0 amide bonds. The summed E-state index contributed by atoms with van der Waals surface area (Å²) in [4.78, 5) is 0. The van der Waals surface area contributed by atoms with Gasteiger partial charge in [-0.25, -0.2) is 4.39 Å². The molecule has 0 aliphatic heterocycles. The normalized spacial score (nSPS) is 14.1. The van der Waals surface area contributed by atoms with Crippen molar-refractivity contribution in [3.8, 4) is 0 Å². The minimum absolute atomic E-state index is 0.163. The number of nitrogens with one attached hydrogen (secondary N) is 1. The molecular weight excluding hydrogens is 241 g/mol. The van der Waals surface area contributed by atoms with Crippen LogP contribution in [0.2, 0.25) is 0 Å². The van der Waals surface area contributed by atoms with Gasteiger partial charge in [0.1, 0.15) is 5.82 Å². The summed E-state index contributed by atoms with van der Waals surface area (Å²) in [5.74, 6) is -0.290. The number of rotatable bonds is 5. The van der Waals surface area contributed by atoms with Crippen molar-refractivity contribution >= 4 is 0 Å². The van der Waals surface area contributed by atoms with Gasteiger partial charge in [0.15, 0.2) is 0 Å². The molecule has 0 bridgehead atoms. The van der Waals surface area contributed by atoms with E-state index in [1.165, 1.54) is 17.7 Å². The standard InChI is InChI=1S/C16H18FNO/c1-12(13-5-3-2-4-6-13)18-11-16(19)14-7-9-15(17)10-8-14/h2-10,12,16,18-19H,11H2,1H3/t12-,16+/m1/s1. The van der Waals surface area contributed by atoms with Gasteiger partial charge in [0.25, 0.3) is 0 Å². The summed E-state index contributed by atoms with van der Waals surface area (Å²) in [6.45, 7) is 2.48. The van der Waals surface area contributed by atoms with Gasteiger partial charge in [-0.15, -0.1) is 0 Å². The fourth-order valence-corrected chi connectivity index (χ4v) is 1.95. The second kappa shape index (κ2) is 6.45. The van der Waals surface area contributed by atoms with Crippen LogP contribution in [0.15, 0.2) is 54.6 Å².